The summed E-state index contributed by atoms with van der Waals surface area (Å²) in [4.78, 5) is 20.7. The van der Waals surface area contributed by atoms with Gasteiger partial charge in [0.25, 0.3) is 5.91 Å². The van der Waals surface area contributed by atoms with Crippen LogP contribution in [0.15, 0.2) is 33.7 Å². The van der Waals surface area contributed by atoms with Crippen LogP contribution in [0.25, 0.3) is 0 Å². The molecular weight excluding hydrogens is 330 g/mol. The average molecular weight is 357 g/mol. The highest BCUT2D eigenvalue weighted by Crippen LogP contribution is 2.08. The van der Waals surface area contributed by atoms with Crippen molar-refractivity contribution < 1.29 is 9.21 Å². The summed E-state index contributed by atoms with van der Waals surface area (Å²) in [6, 6.07) is 7.46. The molecule has 2 aromatic rings. The lowest BCUT2D eigenvalue weighted by atomic mass is 10.1. The maximum absolute atomic E-state index is 11.8. The van der Waals surface area contributed by atoms with E-state index in [0.29, 0.717) is 37.0 Å². The van der Waals surface area contributed by atoms with Crippen molar-refractivity contribution in [1.82, 2.24) is 20.9 Å². The predicted octanol–water partition coefficient (Wildman–Crippen LogP) is 2.30. The molecule has 0 bridgehead atoms. The first kappa shape index (κ1) is 19.5. The van der Waals surface area contributed by atoms with Crippen LogP contribution in [-0.2, 0) is 13.1 Å². The SMILES string of the molecule is CCNC(=O)c1ccc(CN=C(NCC)NCc2nc(C)c(C)o2)cc1. The zero-order valence-electron chi connectivity index (χ0n) is 15.8. The maximum atomic E-state index is 11.8. The number of hydrogen-bond donors (Lipinski definition) is 3. The molecule has 0 aliphatic heterocycles. The van der Waals surface area contributed by atoms with Crippen LogP contribution in [0.2, 0.25) is 0 Å². The number of aliphatic imine (C=N–C) groups is 1. The summed E-state index contributed by atoms with van der Waals surface area (Å²) < 4.78 is 5.57. The minimum absolute atomic E-state index is 0.0610. The highest BCUT2D eigenvalue weighted by molar-refractivity contribution is 5.94. The second kappa shape index (κ2) is 9.60. The summed E-state index contributed by atoms with van der Waals surface area (Å²) in [5, 5.41) is 9.19. The van der Waals surface area contributed by atoms with Gasteiger partial charge in [0.05, 0.1) is 18.8 Å². The van der Waals surface area contributed by atoms with E-state index in [9.17, 15) is 4.79 Å². The number of oxazole rings is 1. The van der Waals surface area contributed by atoms with Crippen molar-refractivity contribution >= 4 is 11.9 Å². The zero-order valence-corrected chi connectivity index (χ0v) is 15.8. The second-order valence-corrected chi connectivity index (χ2v) is 5.85. The van der Waals surface area contributed by atoms with Gasteiger partial charge < -0.3 is 20.4 Å². The molecule has 0 aliphatic carbocycles. The number of amides is 1. The lowest BCUT2D eigenvalue weighted by Gasteiger charge is -2.10. The number of rotatable bonds is 7. The molecule has 26 heavy (non-hydrogen) atoms. The standard InChI is InChI=1S/C19H27N5O2/c1-5-20-18(25)16-9-7-15(8-10-16)11-22-19(21-6-2)23-12-17-24-13(3)14(4)26-17/h7-10H,5-6,11-12H2,1-4H3,(H,20,25)(H2,21,22,23). The van der Waals surface area contributed by atoms with Crippen LogP contribution >= 0.6 is 0 Å². The van der Waals surface area contributed by atoms with Crippen LogP contribution in [-0.4, -0.2) is 29.9 Å². The molecule has 3 N–H and O–H groups in total. The van der Waals surface area contributed by atoms with Gasteiger partial charge in [-0.05, 0) is 45.4 Å². The first-order chi connectivity index (χ1) is 12.5. The summed E-state index contributed by atoms with van der Waals surface area (Å²) in [5.41, 5.74) is 2.58. The van der Waals surface area contributed by atoms with E-state index >= 15 is 0 Å². The number of nitrogens with zero attached hydrogens (tertiary/aromatic N) is 2. The van der Waals surface area contributed by atoms with Crippen molar-refractivity contribution in [3.05, 3.63) is 52.7 Å². The normalized spacial score (nSPS) is 11.3. The summed E-state index contributed by atoms with van der Waals surface area (Å²) in [6.07, 6.45) is 0. The van der Waals surface area contributed by atoms with E-state index in [1.165, 1.54) is 0 Å². The first-order valence-corrected chi connectivity index (χ1v) is 8.85. The van der Waals surface area contributed by atoms with Gasteiger partial charge in [0, 0.05) is 18.7 Å². The molecule has 0 saturated heterocycles. The van der Waals surface area contributed by atoms with Crippen molar-refractivity contribution in [1.29, 1.82) is 0 Å². The van der Waals surface area contributed by atoms with Gasteiger partial charge in [0.2, 0.25) is 5.89 Å². The molecule has 1 heterocycles. The van der Waals surface area contributed by atoms with Gasteiger partial charge in [0.15, 0.2) is 5.96 Å². The number of carbonyl (C=O) groups is 1. The van der Waals surface area contributed by atoms with Gasteiger partial charge in [-0.1, -0.05) is 12.1 Å². The molecule has 0 unspecified atom stereocenters. The third-order valence-corrected chi connectivity index (χ3v) is 3.80. The van der Waals surface area contributed by atoms with E-state index in [2.05, 4.69) is 25.9 Å². The Labute approximate surface area is 154 Å². The molecule has 0 atom stereocenters. The largest absolute Gasteiger partial charge is 0.444 e. The smallest absolute Gasteiger partial charge is 0.251 e. The molecule has 0 fully saturated rings. The summed E-state index contributed by atoms with van der Waals surface area (Å²) in [7, 11) is 0. The molecule has 0 aliphatic rings. The quantitative estimate of drug-likeness (QED) is 0.522. The molecule has 1 aromatic carbocycles. The molecule has 7 heteroatoms. The Hall–Kier alpha value is -2.83. The second-order valence-electron chi connectivity index (χ2n) is 5.85. The fourth-order valence-corrected chi connectivity index (χ4v) is 2.31. The molecule has 7 nitrogen and oxygen atoms in total. The highest BCUT2D eigenvalue weighted by atomic mass is 16.4. The van der Waals surface area contributed by atoms with E-state index in [-0.39, 0.29) is 5.91 Å². The Morgan fingerprint density at radius 2 is 1.77 bits per heavy atom. The molecule has 0 saturated carbocycles. The number of benzene rings is 1. The van der Waals surface area contributed by atoms with Crippen LogP contribution in [0.5, 0.6) is 0 Å². The highest BCUT2D eigenvalue weighted by Gasteiger charge is 2.07. The number of carbonyl (C=O) groups excluding carboxylic acids is 1. The third-order valence-electron chi connectivity index (χ3n) is 3.80. The summed E-state index contributed by atoms with van der Waals surface area (Å²) >= 11 is 0. The molecule has 1 amide bonds. The Kier molecular flexibility index (Phi) is 7.20. The van der Waals surface area contributed by atoms with Crippen molar-refractivity contribution in [2.45, 2.75) is 40.8 Å². The van der Waals surface area contributed by atoms with E-state index in [4.69, 9.17) is 4.42 Å². The third kappa shape index (κ3) is 5.61. The molecule has 1 aromatic heterocycles. The predicted molar refractivity (Wildman–Crippen MR) is 102 cm³/mol. The Bertz CT molecular complexity index is 730. The van der Waals surface area contributed by atoms with E-state index in [1.54, 1.807) is 0 Å². The van der Waals surface area contributed by atoms with E-state index in [1.807, 2.05) is 52.0 Å². The van der Waals surface area contributed by atoms with Crippen LogP contribution < -0.4 is 16.0 Å². The Morgan fingerprint density at radius 1 is 1.08 bits per heavy atom. The van der Waals surface area contributed by atoms with Gasteiger partial charge in [-0.15, -0.1) is 0 Å². The topological polar surface area (TPSA) is 91.5 Å². The number of aryl methyl sites for hydroxylation is 2. The van der Waals surface area contributed by atoms with Gasteiger partial charge in [0.1, 0.15) is 5.76 Å². The van der Waals surface area contributed by atoms with E-state index < -0.39 is 0 Å². The van der Waals surface area contributed by atoms with Gasteiger partial charge in [-0.2, -0.15) is 0 Å². The monoisotopic (exact) mass is 357 g/mol. The minimum Gasteiger partial charge on any atom is -0.444 e. The lowest BCUT2D eigenvalue weighted by molar-refractivity contribution is 0.0956. The van der Waals surface area contributed by atoms with Crippen LogP contribution in [0.3, 0.4) is 0 Å². The molecule has 0 spiro atoms. The zero-order chi connectivity index (χ0) is 18.9. The van der Waals surface area contributed by atoms with Crippen LogP contribution in [0.4, 0.5) is 0 Å². The van der Waals surface area contributed by atoms with Gasteiger partial charge in [-0.3, -0.25) is 4.79 Å². The maximum Gasteiger partial charge on any atom is 0.251 e. The van der Waals surface area contributed by atoms with E-state index in [0.717, 1.165) is 23.6 Å². The van der Waals surface area contributed by atoms with Crippen molar-refractivity contribution in [3.8, 4) is 0 Å². The summed E-state index contributed by atoms with van der Waals surface area (Å²) in [5.74, 6) is 2.09. The average Bonchev–Trinajstić information content (AvgIpc) is 2.96. The summed E-state index contributed by atoms with van der Waals surface area (Å²) in [6.45, 7) is 10.1. The minimum atomic E-state index is -0.0610. The van der Waals surface area contributed by atoms with Crippen LogP contribution in [0, 0.1) is 13.8 Å². The number of aromatic nitrogens is 1. The Balaban J connectivity index is 1.96. The molecular formula is C19H27N5O2. The van der Waals surface area contributed by atoms with Crippen LogP contribution in [0.1, 0.15) is 47.1 Å². The number of hydrogen-bond acceptors (Lipinski definition) is 4. The fraction of sp³-hybridized carbons (Fsp3) is 0.421. The number of nitrogens with one attached hydrogen (secondary N) is 3. The molecule has 2 rings (SSSR count). The fourth-order valence-electron chi connectivity index (χ4n) is 2.31. The molecule has 0 radical (unpaired) electrons. The first-order valence-electron chi connectivity index (χ1n) is 8.85. The van der Waals surface area contributed by atoms with Crippen molar-refractivity contribution in [3.63, 3.8) is 0 Å². The van der Waals surface area contributed by atoms with Crippen molar-refractivity contribution in [2.24, 2.45) is 4.99 Å². The van der Waals surface area contributed by atoms with Gasteiger partial charge in [-0.25, -0.2) is 9.98 Å². The lowest BCUT2D eigenvalue weighted by Crippen LogP contribution is -2.36. The molecule has 140 valence electrons. The van der Waals surface area contributed by atoms with Crippen molar-refractivity contribution in [2.75, 3.05) is 13.1 Å². The Morgan fingerprint density at radius 3 is 2.35 bits per heavy atom. The van der Waals surface area contributed by atoms with Gasteiger partial charge >= 0.3 is 0 Å². The number of guanidine groups is 1.